The Labute approximate surface area is 108 Å². The standard InChI is InChI=1S/C15H18N2O/c1-3-12-4-6-14(7-5-12)18-15-8-9-17-11-13(15)10-16-2/h4-9,11,16H,3,10H2,1-2H3. The lowest BCUT2D eigenvalue weighted by molar-refractivity contribution is 0.473. The van der Waals surface area contributed by atoms with Gasteiger partial charge in [-0.05, 0) is 37.2 Å². The van der Waals surface area contributed by atoms with Crippen LogP contribution in [0.4, 0.5) is 0 Å². The number of nitrogens with zero attached hydrogens (tertiary/aromatic N) is 1. The molecule has 1 heterocycles. The van der Waals surface area contributed by atoms with E-state index in [0.29, 0.717) is 0 Å². The molecule has 2 aromatic rings. The van der Waals surface area contributed by atoms with Crippen molar-refractivity contribution >= 4 is 0 Å². The summed E-state index contributed by atoms with van der Waals surface area (Å²) >= 11 is 0. The Hall–Kier alpha value is -1.87. The van der Waals surface area contributed by atoms with E-state index >= 15 is 0 Å². The third-order valence-electron chi connectivity index (χ3n) is 2.79. The van der Waals surface area contributed by atoms with E-state index in [1.807, 2.05) is 31.4 Å². The van der Waals surface area contributed by atoms with Crippen molar-refractivity contribution < 1.29 is 4.74 Å². The van der Waals surface area contributed by atoms with Gasteiger partial charge in [0.05, 0.1) is 0 Å². The van der Waals surface area contributed by atoms with E-state index in [1.54, 1.807) is 6.20 Å². The summed E-state index contributed by atoms with van der Waals surface area (Å²) in [6.45, 7) is 2.89. The van der Waals surface area contributed by atoms with E-state index < -0.39 is 0 Å². The number of benzene rings is 1. The van der Waals surface area contributed by atoms with Crippen LogP contribution in [0.1, 0.15) is 18.1 Å². The molecule has 0 radical (unpaired) electrons. The van der Waals surface area contributed by atoms with Crippen molar-refractivity contribution in [3.05, 3.63) is 53.9 Å². The zero-order valence-corrected chi connectivity index (χ0v) is 10.8. The molecule has 0 spiro atoms. The fourth-order valence-electron chi connectivity index (χ4n) is 1.76. The summed E-state index contributed by atoms with van der Waals surface area (Å²) in [5.41, 5.74) is 2.37. The third-order valence-corrected chi connectivity index (χ3v) is 2.79. The minimum Gasteiger partial charge on any atom is -0.457 e. The lowest BCUT2D eigenvalue weighted by atomic mass is 10.2. The molecule has 18 heavy (non-hydrogen) atoms. The first-order valence-electron chi connectivity index (χ1n) is 6.17. The van der Waals surface area contributed by atoms with E-state index in [9.17, 15) is 0 Å². The second-order valence-electron chi connectivity index (χ2n) is 4.11. The van der Waals surface area contributed by atoms with Gasteiger partial charge in [0, 0.05) is 24.5 Å². The molecule has 1 aromatic carbocycles. The molecule has 0 bridgehead atoms. The Bertz CT molecular complexity index is 494. The Morgan fingerprint density at radius 1 is 1.17 bits per heavy atom. The van der Waals surface area contributed by atoms with Crippen molar-refractivity contribution in [3.8, 4) is 11.5 Å². The maximum absolute atomic E-state index is 5.88. The predicted molar refractivity (Wildman–Crippen MR) is 72.9 cm³/mol. The molecule has 0 saturated carbocycles. The van der Waals surface area contributed by atoms with Crippen LogP contribution >= 0.6 is 0 Å². The van der Waals surface area contributed by atoms with Gasteiger partial charge in [0.1, 0.15) is 11.5 Å². The molecule has 1 aromatic heterocycles. The van der Waals surface area contributed by atoms with E-state index in [1.165, 1.54) is 5.56 Å². The highest BCUT2D eigenvalue weighted by molar-refractivity contribution is 5.36. The summed E-state index contributed by atoms with van der Waals surface area (Å²) in [4.78, 5) is 4.11. The van der Waals surface area contributed by atoms with Gasteiger partial charge in [0.25, 0.3) is 0 Å². The number of hydrogen-bond donors (Lipinski definition) is 1. The first-order chi connectivity index (χ1) is 8.83. The van der Waals surface area contributed by atoms with Crippen LogP contribution in [0, 0.1) is 0 Å². The molecule has 1 N–H and O–H groups in total. The van der Waals surface area contributed by atoms with Gasteiger partial charge in [-0.15, -0.1) is 0 Å². The molecule has 3 heteroatoms. The number of hydrogen-bond acceptors (Lipinski definition) is 3. The maximum atomic E-state index is 5.88. The van der Waals surface area contributed by atoms with Crippen molar-refractivity contribution in [1.82, 2.24) is 10.3 Å². The minimum absolute atomic E-state index is 0.746. The average molecular weight is 242 g/mol. The molecular formula is C15H18N2O. The molecule has 0 saturated heterocycles. The lowest BCUT2D eigenvalue weighted by Crippen LogP contribution is -2.06. The fraction of sp³-hybridized carbons (Fsp3) is 0.267. The van der Waals surface area contributed by atoms with Gasteiger partial charge < -0.3 is 10.1 Å². The quantitative estimate of drug-likeness (QED) is 0.874. The van der Waals surface area contributed by atoms with Crippen LogP contribution < -0.4 is 10.1 Å². The normalized spacial score (nSPS) is 10.3. The van der Waals surface area contributed by atoms with Crippen LogP contribution in [0.2, 0.25) is 0 Å². The highest BCUT2D eigenvalue weighted by Gasteiger charge is 2.04. The van der Waals surface area contributed by atoms with Gasteiger partial charge in [-0.25, -0.2) is 0 Å². The van der Waals surface area contributed by atoms with E-state index in [4.69, 9.17) is 4.74 Å². The van der Waals surface area contributed by atoms with Crippen molar-refractivity contribution in [1.29, 1.82) is 0 Å². The van der Waals surface area contributed by atoms with Gasteiger partial charge >= 0.3 is 0 Å². The summed E-state index contributed by atoms with van der Waals surface area (Å²) in [5.74, 6) is 1.71. The number of aromatic nitrogens is 1. The predicted octanol–water partition coefficient (Wildman–Crippen LogP) is 3.16. The van der Waals surface area contributed by atoms with Gasteiger partial charge in [-0.1, -0.05) is 19.1 Å². The number of nitrogens with one attached hydrogen (secondary N) is 1. The SMILES string of the molecule is CCc1ccc(Oc2ccncc2CNC)cc1. The highest BCUT2D eigenvalue weighted by Crippen LogP contribution is 2.24. The second kappa shape index (κ2) is 6.17. The van der Waals surface area contributed by atoms with Gasteiger partial charge in [-0.3, -0.25) is 4.98 Å². The molecule has 0 aliphatic heterocycles. The summed E-state index contributed by atoms with van der Waals surface area (Å²) in [7, 11) is 1.91. The largest absolute Gasteiger partial charge is 0.457 e. The number of pyridine rings is 1. The third kappa shape index (κ3) is 3.08. The summed E-state index contributed by atoms with van der Waals surface area (Å²) in [6.07, 6.45) is 4.61. The van der Waals surface area contributed by atoms with Crippen LogP contribution in [0.3, 0.4) is 0 Å². The Kier molecular flexibility index (Phi) is 4.31. The topological polar surface area (TPSA) is 34.1 Å². The lowest BCUT2D eigenvalue weighted by Gasteiger charge is -2.10. The summed E-state index contributed by atoms with van der Waals surface area (Å²) in [6, 6.07) is 10.1. The van der Waals surface area contributed by atoms with Gasteiger partial charge in [0.2, 0.25) is 0 Å². The fourth-order valence-corrected chi connectivity index (χ4v) is 1.76. The Morgan fingerprint density at radius 2 is 1.94 bits per heavy atom. The van der Waals surface area contributed by atoms with Gasteiger partial charge in [-0.2, -0.15) is 0 Å². The van der Waals surface area contributed by atoms with Gasteiger partial charge in [0.15, 0.2) is 0 Å². The molecule has 0 fully saturated rings. The van der Waals surface area contributed by atoms with Crippen molar-refractivity contribution in [3.63, 3.8) is 0 Å². The van der Waals surface area contributed by atoms with Crippen LogP contribution in [0.5, 0.6) is 11.5 Å². The molecule has 2 rings (SSSR count). The van der Waals surface area contributed by atoms with Crippen LogP contribution in [-0.2, 0) is 13.0 Å². The van der Waals surface area contributed by atoms with Crippen LogP contribution in [0.25, 0.3) is 0 Å². The first-order valence-corrected chi connectivity index (χ1v) is 6.17. The minimum atomic E-state index is 0.746. The maximum Gasteiger partial charge on any atom is 0.134 e. The Balaban J connectivity index is 2.17. The monoisotopic (exact) mass is 242 g/mol. The highest BCUT2D eigenvalue weighted by atomic mass is 16.5. The van der Waals surface area contributed by atoms with Crippen molar-refractivity contribution in [2.75, 3.05) is 7.05 Å². The van der Waals surface area contributed by atoms with Crippen LogP contribution in [-0.4, -0.2) is 12.0 Å². The van der Waals surface area contributed by atoms with E-state index in [0.717, 1.165) is 30.0 Å². The zero-order valence-electron chi connectivity index (χ0n) is 10.8. The second-order valence-corrected chi connectivity index (χ2v) is 4.11. The average Bonchev–Trinajstić information content (AvgIpc) is 2.42. The Morgan fingerprint density at radius 3 is 2.61 bits per heavy atom. The summed E-state index contributed by atoms with van der Waals surface area (Å²) in [5, 5.41) is 3.11. The zero-order chi connectivity index (χ0) is 12.8. The smallest absolute Gasteiger partial charge is 0.134 e. The number of ether oxygens (including phenoxy) is 1. The van der Waals surface area contributed by atoms with Crippen LogP contribution in [0.15, 0.2) is 42.7 Å². The number of aryl methyl sites for hydroxylation is 1. The van der Waals surface area contributed by atoms with Crippen molar-refractivity contribution in [2.24, 2.45) is 0 Å². The van der Waals surface area contributed by atoms with E-state index in [-0.39, 0.29) is 0 Å². The first kappa shape index (κ1) is 12.6. The molecule has 0 amide bonds. The molecule has 0 atom stereocenters. The molecule has 0 unspecified atom stereocenters. The van der Waals surface area contributed by atoms with E-state index in [2.05, 4.69) is 29.4 Å². The van der Waals surface area contributed by atoms with Crippen molar-refractivity contribution in [2.45, 2.75) is 19.9 Å². The molecule has 0 aliphatic carbocycles. The molecule has 0 aliphatic rings. The molecule has 94 valence electrons. The summed E-state index contributed by atoms with van der Waals surface area (Å²) < 4.78 is 5.88. The number of rotatable bonds is 5. The molecular weight excluding hydrogens is 224 g/mol. The molecule has 3 nitrogen and oxygen atoms in total.